The van der Waals surface area contributed by atoms with Gasteiger partial charge >= 0.3 is 0 Å². The van der Waals surface area contributed by atoms with Gasteiger partial charge in [-0.1, -0.05) is 19.9 Å². The molecule has 0 bridgehead atoms. The van der Waals surface area contributed by atoms with E-state index in [9.17, 15) is 13.2 Å². The summed E-state index contributed by atoms with van der Waals surface area (Å²) in [6.07, 6.45) is 0. The Morgan fingerprint density at radius 1 is 1.42 bits per heavy atom. The summed E-state index contributed by atoms with van der Waals surface area (Å²) in [6.45, 7) is 4.81. The van der Waals surface area contributed by atoms with Gasteiger partial charge in [-0.25, -0.2) is 13.1 Å². The largest absolute Gasteiger partial charge is 0.298 e. The number of nitrogens with one attached hydrogen (secondary N) is 1. The number of carbonyl (C=O) groups is 1. The van der Waals surface area contributed by atoms with Gasteiger partial charge in [-0.15, -0.1) is 0 Å². The van der Waals surface area contributed by atoms with E-state index in [1.807, 2.05) is 6.07 Å². The molecule has 0 saturated heterocycles. The molecular formula is C13H16N2O3S. The van der Waals surface area contributed by atoms with Gasteiger partial charge in [-0.05, 0) is 24.6 Å². The number of benzene rings is 1. The van der Waals surface area contributed by atoms with Crippen molar-refractivity contribution in [2.24, 2.45) is 5.92 Å². The SMILES string of the molecule is Cc1ccc(C#N)cc1S(=O)(=O)NCC(=O)C(C)C. The number of ketones is 1. The molecule has 0 saturated carbocycles. The van der Waals surface area contributed by atoms with Crippen LogP contribution < -0.4 is 4.72 Å². The third-order valence-electron chi connectivity index (χ3n) is 2.69. The molecule has 1 aromatic carbocycles. The summed E-state index contributed by atoms with van der Waals surface area (Å²) < 4.78 is 26.4. The first-order valence-electron chi connectivity index (χ1n) is 5.81. The molecule has 0 atom stereocenters. The summed E-state index contributed by atoms with van der Waals surface area (Å²) in [5.74, 6) is -0.410. The normalized spacial score (nSPS) is 11.3. The number of hydrogen-bond donors (Lipinski definition) is 1. The monoisotopic (exact) mass is 280 g/mol. The first-order chi connectivity index (χ1) is 8.77. The molecular weight excluding hydrogens is 264 g/mol. The Bertz CT molecular complexity index is 628. The van der Waals surface area contributed by atoms with Gasteiger partial charge in [-0.2, -0.15) is 5.26 Å². The molecule has 0 radical (unpaired) electrons. The van der Waals surface area contributed by atoms with Crippen molar-refractivity contribution < 1.29 is 13.2 Å². The maximum absolute atomic E-state index is 12.1. The molecule has 1 aromatic rings. The Balaban J connectivity index is 3.01. The molecule has 0 aromatic heterocycles. The van der Waals surface area contributed by atoms with E-state index in [1.54, 1.807) is 32.9 Å². The quantitative estimate of drug-likeness (QED) is 0.882. The average Bonchev–Trinajstić information content (AvgIpc) is 2.36. The van der Waals surface area contributed by atoms with Gasteiger partial charge in [0, 0.05) is 5.92 Å². The van der Waals surface area contributed by atoms with Crippen molar-refractivity contribution in [3.8, 4) is 6.07 Å². The number of carbonyl (C=O) groups excluding carboxylic acids is 1. The lowest BCUT2D eigenvalue weighted by Gasteiger charge is -2.10. The Morgan fingerprint density at radius 2 is 2.05 bits per heavy atom. The van der Waals surface area contributed by atoms with Crippen LogP contribution in [0.5, 0.6) is 0 Å². The first kappa shape index (κ1) is 15.3. The van der Waals surface area contributed by atoms with Gasteiger partial charge in [0.15, 0.2) is 0 Å². The predicted molar refractivity (Wildman–Crippen MR) is 70.9 cm³/mol. The van der Waals surface area contributed by atoms with Crippen LogP contribution in [-0.2, 0) is 14.8 Å². The molecule has 5 nitrogen and oxygen atoms in total. The fourth-order valence-electron chi connectivity index (χ4n) is 1.41. The number of nitrogens with zero attached hydrogens (tertiary/aromatic N) is 1. The Kier molecular flexibility index (Phi) is 4.81. The van der Waals surface area contributed by atoms with Crippen molar-refractivity contribution in [1.29, 1.82) is 5.26 Å². The minimum absolute atomic E-state index is 0.0307. The Morgan fingerprint density at radius 3 is 2.58 bits per heavy atom. The van der Waals surface area contributed by atoms with Crippen molar-refractivity contribution in [3.05, 3.63) is 29.3 Å². The van der Waals surface area contributed by atoms with Crippen LogP contribution in [0.15, 0.2) is 23.1 Å². The van der Waals surface area contributed by atoms with Crippen LogP contribution in [0.25, 0.3) is 0 Å². The second-order valence-corrected chi connectivity index (χ2v) is 6.27. The topological polar surface area (TPSA) is 87.0 Å². The molecule has 1 rings (SSSR count). The lowest BCUT2D eigenvalue weighted by atomic mass is 10.1. The first-order valence-corrected chi connectivity index (χ1v) is 7.29. The van der Waals surface area contributed by atoms with Crippen LogP contribution in [0.3, 0.4) is 0 Å². The van der Waals surface area contributed by atoms with E-state index in [0.29, 0.717) is 5.56 Å². The summed E-state index contributed by atoms with van der Waals surface area (Å²) in [5, 5.41) is 8.79. The third-order valence-corrected chi connectivity index (χ3v) is 4.23. The van der Waals surface area contributed by atoms with Crippen molar-refractivity contribution in [2.45, 2.75) is 25.7 Å². The molecule has 6 heteroatoms. The van der Waals surface area contributed by atoms with Gasteiger partial charge < -0.3 is 0 Å². The Labute approximate surface area is 113 Å². The van der Waals surface area contributed by atoms with E-state index in [-0.39, 0.29) is 28.7 Å². The van der Waals surface area contributed by atoms with Gasteiger partial charge in [-0.3, -0.25) is 4.79 Å². The predicted octanol–water partition coefficient (Wildman–Crippen LogP) is 1.37. The van der Waals surface area contributed by atoms with Gasteiger partial charge in [0.2, 0.25) is 10.0 Å². The van der Waals surface area contributed by atoms with Gasteiger partial charge in [0.1, 0.15) is 5.78 Å². The molecule has 0 heterocycles. The van der Waals surface area contributed by atoms with Crippen LogP contribution in [-0.4, -0.2) is 20.7 Å². The summed E-state index contributed by atoms with van der Waals surface area (Å²) in [4.78, 5) is 11.5. The zero-order chi connectivity index (χ0) is 14.6. The van der Waals surface area contributed by atoms with E-state index in [1.165, 1.54) is 6.07 Å². The summed E-state index contributed by atoms with van der Waals surface area (Å²) in [5.41, 5.74) is 0.796. The van der Waals surface area contributed by atoms with Crippen LogP contribution >= 0.6 is 0 Å². The van der Waals surface area contributed by atoms with Crippen LogP contribution in [0.1, 0.15) is 25.0 Å². The number of rotatable bonds is 5. The highest BCUT2D eigenvalue weighted by molar-refractivity contribution is 7.89. The molecule has 0 aliphatic rings. The van der Waals surface area contributed by atoms with E-state index in [2.05, 4.69) is 4.72 Å². The smallest absolute Gasteiger partial charge is 0.241 e. The molecule has 0 amide bonds. The highest BCUT2D eigenvalue weighted by Gasteiger charge is 2.19. The molecule has 0 fully saturated rings. The molecule has 1 N–H and O–H groups in total. The van der Waals surface area contributed by atoms with E-state index in [4.69, 9.17) is 5.26 Å². The summed E-state index contributed by atoms with van der Waals surface area (Å²) >= 11 is 0. The lowest BCUT2D eigenvalue weighted by molar-refractivity contribution is -0.120. The zero-order valence-electron chi connectivity index (χ0n) is 11.1. The van der Waals surface area contributed by atoms with E-state index in [0.717, 1.165) is 0 Å². The number of sulfonamides is 1. The number of hydrogen-bond acceptors (Lipinski definition) is 4. The Hall–Kier alpha value is -1.71. The summed E-state index contributed by atoms with van der Waals surface area (Å²) in [7, 11) is -3.77. The maximum Gasteiger partial charge on any atom is 0.241 e. The van der Waals surface area contributed by atoms with E-state index < -0.39 is 10.0 Å². The second kappa shape index (κ2) is 5.95. The van der Waals surface area contributed by atoms with Crippen molar-refractivity contribution in [3.63, 3.8) is 0 Å². The lowest BCUT2D eigenvalue weighted by Crippen LogP contribution is -2.32. The minimum Gasteiger partial charge on any atom is -0.298 e. The zero-order valence-corrected chi connectivity index (χ0v) is 11.9. The van der Waals surface area contributed by atoms with Crippen molar-refractivity contribution in [2.75, 3.05) is 6.54 Å². The molecule has 19 heavy (non-hydrogen) atoms. The third kappa shape index (κ3) is 3.88. The van der Waals surface area contributed by atoms with Gasteiger partial charge in [0.05, 0.1) is 23.1 Å². The number of Topliss-reactive ketones (excluding diaryl/α,β-unsaturated/α-hetero) is 1. The number of aryl methyl sites for hydroxylation is 1. The van der Waals surface area contributed by atoms with Crippen molar-refractivity contribution >= 4 is 15.8 Å². The van der Waals surface area contributed by atoms with Crippen molar-refractivity contribution in [1.82, 2.24) is 4.72 Å². The summed E-state index contributed by atoms with van der Waals surface area (Å²) in [6, 6.07) is 6.31. The molecule has 102 valence electrons. The second-order valence-electron chi connectivity index (χ2n) is 4.54. The fraction of sp³-hybridized carbons (Fsp3) is 0.385. The van der Waals surface area contributed by atoms with Crippen LogP contribution in [0.2, 0.25) is 0 Å². The van der Waals surface area contributed by atoms with Crippen LogP contribution in [0.4, 0.5) is 0 Å². The highest BCUT2D eigenvalue weighted by Crippen LogP contribution is 2.16. The molecule has 0 spiro atoms. The molecule has 0 aliphatic heterocycles. The average molecular weight is 280 g/mol. The fourth-order valence-corrected chi connectivity index (χ4v) is 2.67. The highest BCUT2D eigenvalue weighted by atomic mass is 32.2. The standard InChI is InChI=1S/C13H16N2O3S/c1-9(2)12(16)8-15-19(17,18)13-6-11(7-14)5-4-10(13)3/h4-6,9,15H,8H2,1-3H3. The minimum atomic E-state index is -3.77. The molecule has 0 aliphatic carbocycles. The number of nitriles is 1. The maximum atomic E-state index is 12.1. The van der Waals surface area contributed by atoms with Crippen LogP contribution in [0, 0.1) is 24.2 Å². The molecule has 0 unspecified atom stereocenters. The van der Waals surface area contributed by atoms with E-state index >= 15 is 0 Å². The van der Waals surface area contributed by atoms with Gasteiger partial charge in [0.25, 0.3) is 0 Å².